The largest absolute Gasteiger partial charge is 0.401 e. The Morgan fingerprint density at radius 2 is 2.16 bits per heavy atom. The number of hydrogen-bond donors (Lipinski definition) is 1. The lowest BCUT2D eigenvalue weighted by Gasteiger charge is -2.26. The number of nitrogens with zero attached hydrogens (tertiary/aromatic N) is 1. The molecule has 0 fully saturated rings. The third-order valence-corrected chi connectivity index (χ3v) is 3.31. The van der Waals surface area contributed by atoms with Crippen LogP contribution in [-0.4, -0.2) is 36.1 Å². The van der Waals surface area contributed by atoms with E-state index in [1.807, 2.05) is 31.4 Å². The van der Waals surface area contributed by atoms with E-state index in [1.54, 1.807) is 4.90 Å². The third kappa shape index (κ3) is 6.07. The van der Waals surface area contributed by atoms with Crippen LogP contribution in [-0.2, 0) is 11.3 Å². The number of thiophene rings is 1. The minimum Gasteiger partial charge on any atom is -0.334 e. The van der Waals surface area contributed by atoms with E-state index in [2.05, 4.69) is 5.32 Å². The Kier molecular flexibility index (Phi) is 5.81. The van der Waals surface area contributed by atoms with Crippen molar-refractivity contribution in [2.24, 2.45) is 0 Å². The fourth-order valence-electron chi connectivity index (χ4n) is 1.54. The van der Waals surface area contributed by atoms with Gasteiger partial charge in [0.25, 0.3) is 0 Å². The molecule has 0 aromatic carbocycles. The van der Waals surface area contributed by atoms with Gasteiger partial charge in [0.05, 0.1) is 19.6 Å². The number of carbonyl (C=O) groups is 1. The molecule has 0 saturated carbocycles. The van der Waals surface area contributed by atoms with Gasteiger partial charge in [0.15, 0.2) is 0 Å². The first-order valence-electron chi connectivity index (χ1n) is 5.89. The van der Waals surface area contributed by atoms with Crippen LogP contribution < -0.4 is 5.32 Å². The molecule has 1 rings (SSSR count). The van der Waals surface area contributed by atoms with E-state index in [-0.39, 0.29) is 18.5 Å². The van der Waals surface area contributed by atoms with Gasteiger partial charge in [0.1, 0.15) is 0 Å². The van der Waals surface area contributed by atoms with Crippen molar-refractivity contribution in [2.45, 2.75) is 32.6 Å². The molecule has 0 saturated heterocycles. The van der Waals surface area contributed by atoms with Crippen molar-refractivity contribution in [2.75, 3.05) is 13.1 Å². The Morgan fingerprint density at radius 1 is 1.47 bits per heavy atom. The lowest BCUT2D eigenvalue weighted by Crippen LogP contribution is -2.43. The van der Waals surface area contributed by atoms with Gasteiger partial charge in [-0.3, -0.25) is 4.79 Å². The van der Waals surface area contributed by atoms with Crippen molar-refractivity contribution in [1.82, 2.24) is 10.2 Å². The van der Waals surface area contributed by atoms with Gasteiger partial charge in [0, 0.05) is 10.9 Å². The fraction of sp³-hybridized carbons (Fsp3) is 0.583. The minimum atomic E-state index is -4.29. The van der Waals surface area contributed by atoms with Crippen LogP contribution in [0.4, 0.5) is 13.2 Å². The molecule has 1 aromatic heterocycles. The molecule has 3 nitrogen and oxygen atoms in total. The van der Waals surface area contributed by atoms with Crippen molar-refractivity contribution >= 4 is 17.2 Å². The molecule has 1 aromatic rings. The molecule has 0 bridgehead atoms. The van der Waals surface area contributed by atoms with Gasteiger partial charge in [-0.1, -0.05) is 6.07 Å². The maximum Gasteiger partial charge on any atom is 0.401 e. The highest BCUT2D eigenvalue weighted by Crippen LogP contribution is 2.14. The zero-order chi connectivity index (χ0) is 14.5. The normalized spacial score (nSPS) is 11.9. The number of nitrogens with one attached hydrogen (secondary N) is 1. The highest BCUT2D eigenvalue weighted by atomic mass is 32.1. The van der Waals surface area contributed by atoms with Crippen LogP contribution in [0.15, 0.2) is 17.5 Å². The molecule has 1 amide bonds. The molecule has 0 aliphatic heterocycles. The van der Waals surface area contributed by atoms with E-state index in [4.69, 9.17) is 0 Å². The number of halogens is 3. The lowest BCUT2D eigenvalue weighted by molar-refractivity contribution is -0.136. The quantitative estimate of drug-likeness (QED) is 0.875. The Morgan fingerprint density at radius 3 is 2.63 bits per heavy atom. The highest BCUT2D eigenvalue weighted by Gasteiger charge is 2.27. The first kappa shape index (κ1) is 16.0. The minimum absolute atomic E-state index is 0.0534. The topological polar surface area (TPSA) is 32.3 Å². The van der Waals surface area contributed by atoms with E-state index in [0.717, 1.165) is 4.88 Å². The van der Waals surface area contributed by atoms with Crippen molar-refractivity contribution in [1.29, 1.82) is 0 Å². The summed E-state index contributed by atoms with van der Waals surface area (Å²) in [6.45, 7) is 2.67. The van der Waals surface area contributed by atoms with Gasteiger partial charge < -0.3 is 10.2 Å². The second kappa shape index (κ2) is 6.91. The summed E-state index contributed by atoms with van der Waals surface area (Å²) in [6.07, 6.45) is -4.29. The van der Waals surface area contributed by atoms with Crippen LogP contribution in [0.3, 0.4) is 0 Å². The maximum atomic E-state index is 12.0. The average molecular weight is 294 g/mol. The van der Waals surface area contributed by atoms with Gasteiger partial charge in [-0.15, -0.1) is 11.3 Å². The molecule has 0 unspecified atom stereocenters. The highest BCUT2D eigenvalue weighted by molar-refractivity contribution is 7.09. The molecule has 0 aliphatic carbocycles. The Labute approximate surface area is 114 Å². The summed E-state index contributed by atoms with van der Waals surface area (Å²) in [5.41, 5.74) is 0. The van der Waals surface area contributed by atoms with Crippen LogP contribution in [0.25, 0.3) is 0 Å². The monoisotopic (exact) mass is 294 g/mol. The molecular weight excluding hydrogens is 277 g/mol. The number of hydrogen-bond acceptors (Lipinski definition) is 3. The van der Waals surface area contributed by atoms with Crippen LogP contribution in [0, 0.1) is 0 Å². The first-order chi connectivity index (χ1) is 8.79. The van der Waals surface area contributed by atoms with Crippen LogP contribution in [0.1, 0.15) is 18.7 Å². The van der Waals surface area contributed by atoms with Crippen LogP contribution >= 0.6 is 11.3 Å². The zero-order valence-electron chi connectivity index (χ0n) is 10.8. The van der Waals surface area contributed by atoms with Crippen molar-refractivity contribution in [3.05, 3.63) is 22.4 Å². The summed E-state index contributed by atoms with van der Waals surface area (Å²) >= 11 is 1.52. The molecular formula is C12H17F3N2OS. The number of rotatable bonds is 6. The zero-order valence-corrected chi connectivity index (χ0v) is 11.6. The molecule has 1 N–H and O–H groups in total. The fourth-order valence-corrected chi connectivity index (χ4v) is 2.24. The van der Waals surface area contributed by atoms with E-state index >= 15 is 0 Å². The second-order valence-electron chi connectivity index (χ2n) is 4.41. The van der Waals surface area contributed by atoms with E-state index < -0.39 is 12.7 Å². The van der Waals surface area contributed by atoms with Gasteiger partial charge in [-0.05, 0) is 25.3 Å². The van der Waals surface area contributed by atoms with Gasteiger partial charge in [-0.2, -0.15) is 13.2 Å². The summed E-state index contributed by atoms with van der Waals surface area (Å²) in [5.74, 6) is -0.326. The summed E-state index contributed by atoms with van der Waals surface area (Å²) in [7, 11) is 0. The molecule has 0 spiro atoms. The lowest BCUT2D eigenvalue weighted by atomic mass is 10.3. The summed E-state index contributed by atoms with van der Waals surface area (Å²) in [6, 6.07) is 3.73. The Hall–Kier alpha value is -1.08. The van der Waals surface area contributed by atoms with Gasteiger partial charge in [0.2, 0.25) is 5.91 Å². The van der Waals surface area contributed by atoms with E-state index in [0.29, 0.717) is 6.54 Å². The van der Waals surface area contributed by atoms with E-state index in [9.17, 15) is 18.0 Å². The van der Waals surface area contributed by atoms with Crippen molar-refractivity contribution in [3.8, 4) is 0 Å². The number of carbonyl (C=O) groups excluding carboxylic acids is 1. The molecule has 1 heterocycles. The van der Waals surface area contributed by atoms with Gasteiger partial charge >= 0.3 is 6.18 Å². The molecule has 19 heavy (non-hydrogen) atoms. The van der Waals surface area contributed by atoms with Crippen LogP contribution in [0.5, 0.6) is 0 Å². The second-order valence-corrected chi connectivity index (χ2v) is 5.45. The predicted molar refractivity (Wildman–Crippen MR) is 68.9 cm³/mol. The number of alkyl halides is 3. The van der Waals surface area contributed by atoms with Crippen molar-refractivity contribution < 1.29 is 18.0 Å². The molecule has 7 heteroatoms. The summed E-state index contributed by atoms with van der Waals surface area (Å²) < 4.78 is 36.0. The smallest absolute Gasteiger partial charge is 0.334 e. The molecule has 0 aliphatic rings. The van der Waals surface area contributed by atoms with Gasteiger partial charge in [-0.25, -0.2) is 0 Å². The summed E-state index contributed by atoms with van der Waals surface area (Å²) in [4.78, 5) is 14.5. The average Bonchev–Trinajstić information content (AvgIpc) is 2.76. The van der Waals surface area contributed by atoms with Crippen molar-refractivity contribution in [3.63, 3.8) is 0 Å². The first-order valence-corrected chi connectivity index (χ1v) is 6.77. The SMILES string of the molecule is CC(C)N(Cc1cccs1)C(=O)CNCC(F)(F)F. The van der Waals surface area contributed by atoms with E-state index in [1.165, 1.54) is 11.3 Å². The Bertz CT molecular complexity index is 390. The summed E-state index contributed by atoms with van der Waals surface area (Å²) in [5, 5.41) is 4.03. The maximum absolute atomic E-state index is 12.0. The molecule has 0 atom stereocenters. The Balaban J connectivity index is 2.49. The standard InChI is InChI=1S/C12H17F3N2OS/c1-9(2)17(7-10-4-3-5-19-10)11(18)6-16-8-12(13,14)15/h3-5,9,16H,6-8H2,1-2H3. The number of amides is 1. The third-order valence-electron chi connectivity index (χ3n) is 2.45. The predicted octanol–water partition coefficient (Wildman–Crippen LogP) is 2.64. The molecule has 108 valence electrons. The van der Waals surface area contributed by atoms with Crippen LogP contribution in [0.2, 0.25) is 0 Å². The molecule has 0 radical (unpaired) electrons.